The van der Waals surface area contributed by atoms with E-state index in [1.54, 1.807) is 37.3 Å². The van der Waals surface area contributed by atoms with E-state index in [4.69, 9.17) is 16.3 Å². The highest BCUT2D eigenvalue weighted by Gasteiger charge is 2.70. The van der Waals surface area contributed by atoms with Crippen LogP contribution >= 0.6 is 11.6 Å². The number of rotatable bonds is 7. The number of benzene rings is 3. The molecule has 6 atom stereocenters. The molecule has 7 rings (SSSR count). The number of hydrogen-bond acceptors (Lipinski definition) is 6. The first-order chi connectivity index (χ1) is 21.8. The van der Waals surface area contributed by atoms with Crippen LogP contribution in [0, 0.1) is 23.7 Å². The largest absolute Gasteiger partial charge is 0.491 e. The highest BCUT2D eigenvalue weighted by Crippen LogP contribution is 2.65. The van der Waals surface area contributed by atoms with E-state index >= 15 is 4.79 Å². The third kappa shape index (κ3) is 4.22. The molecule has 2 aliphatic carbocycles. The number of ether oxygens (including phenoxy) is 1. The summed E-state index contributed by atoms with van der Waals surface area (Å²) in [5.74, 6) is -3.77. The molecular weight excluding hydrogens is 592 g/mol. The molecule has 2 saturated heterocycles. The summed E-state index contributed by atoms with van der Waals surface area (Å²) in [6.45, 7) is 1.91. The number of aliphatic hydroxyl groups is 1. The Hall–Kier alpha value is -4.27. The standard InChI is InChI=1S/C36H33ClN2O6/c1-2-38-32(41)26-16-15-24-27(30(26)34(38)43)20-28-33(42)39(23-12-8-11-22(37)19-23)35(44)36(28,21-9-4-3-5-10-21)31(24)25-13-6-7-14-29(25)45-18-17-40/h3-15,19,26-28,30-31,40H,2,16-18,20H2,1H3. The van der Waals surface area contributed by atoms with Gasteiger partial charge in [-0.25, -0.2) is 4.90 Å². The SMILES string of the molecule is CCN1C(=O)C2CC=C3C(CC4C(=O)N(c5cccc(Cl)c5)C(=O)C4(c4ccccc4)C3c3ccccc3OCCO)C2C1=O. The van der Waals surface area contributed by atoms with E-state index in [1.165, 1.54) is 9.80 Å². The number of likely N-dealkylation sites (tertiary alicyclic amines) is 1. The second-order valence-corrected chi connectivity index (χ2v) is 12.6. The van der Waals surface area contributed by atoms with Crippen molar-refractivity contribution in [3.63, 3.8) is 0 Å². The van der Waals surface area contributed by atoms with Crippen molar-refractivity contribution in [1.82, 2.24) is 4.90 Å². The minimum atomic E-state index is -1.38. The summed E-state index contributed by atoms with van der Waals surface area (Å²) in [5, 5.41) is 10.0. The zero-order valence-corrected chi connectivity index (χ0v) is 25.5. The van der Waals surface area contributed by atoms with Crippen molar-refractivity contribution in [2.75, 3.05) is 24.7 Å². The predicted octanol–water partition coefficient (Wildman–Crippen LogP) is 4.89. The van der Waals surface area contributed by atoms with E-state index < -0.39 is 35.0 Å². The van der Waals surface area contributed by atoms with Crippen LogP contribution in [0.25, 0.3) is 0 Å². The quantitative estimate of drug-likeness (QED) is 0.296. The lowest BCUT2D eigenvalue weighted by Crippen LogP contribution is -2.53. The Morgan fingerprint density at radius 1 is 0.911 bits per heavy atom. The molecule has 230 valence electrons. The van der Waals surface area contributed by atoms with E-state index in [2.05, 4.69) is 0 Å². The Morgan fingerprint density at radius 2 is 1.67 bits per heavy atom. The summed E-state index contributed by atoms with van der Waals surface area (Å²) in [4.78, 5) is 59.8. The van der Waals surface area contributed by atoms with Crippen LogP contribution in [-0.2, 0) is 24.6 Å². The average molecular weight is 625 g/mol. The Bertz CT molecular complexity index is 1740. The second kappa shape index (κ2) is 11.3. The number of allylic oxidation sites excluding steroid dienone is 2. The number of amides is 4. The van der Waals surface area contributed by atoms with E-state index in [0.717, 1.165) is 5.57 Å². The molecule has 3 aromatic rings. The second-order valence-electron chi connectivity index (χ2n) is 12.1. The molecule has 2 aliphatic heterocycles. The Balaban J connectivity index is 1.51. The van der Waals surface area contributed by atoms with Crippen LogP contribution in [-0.4, -0.2) is 53.4 Å². The van der Waals surface area contributed by atoms with Crippen LogP contribution in [0.1, 0.15) is 36.8 Å². The average Bonchev–Trinajstić information content (AvgIpc) is 3.44. The van der Waals surface area contributed by atoms with Crippen molar-refractivity contribution >= 4 is 40.9 Å². The third-order valence-electron chi connectivity index (χ3n) is 10.2. The molecular formula is C36H33ClN2O6. The molecule has 2 heterocycles. The van der Waals surface area contributed by atoms with Crippen molar-refractivity contribution in [3.05, 3.63) is 107 Å². The molecule has 0 bridgehead atoms. The molecule has 0 radical (unpaired) electrons. The fraction of sp³-hybridized carbons (Fsp3) is 0.333. The van der Waals surface area contributed by atoms with E-state index in [-0.39, 0.29) is 49.8 Å². The molecule has 3 aromatic carbocycles. The number of halogens is 1. The summed E-state index contributed by atoms with van der Waals surface area (Å²) in [6, 6.07) is 23.5. The Kier molecular flexibility index (Phi) is 7.37. The zero-order chi connectivity index (χ0) is 31.5. The number of anilines is 1. The van der Waals surface area contributed by atoms with Gasteiger partial charge >= 0.3 is 0 Å². The van der Waals surface area contributed by atoms with Gasteiger partial charge in [0, 0.05) is 23.0 Å². The Labute approximate surface area is 266 Å². The number of para-hydroxylation sites is 1. The first-order valence-corrected chi connectivity index (χ1v) is 15.8. The summed E-state index contributed by atoms with van der Waals surface area (Å²) in [5.41, 5.74) is 1.23. The minimum Gasteiger partial charge on any atom is -0.491 e. The lowest BCUT2D eigenvalue weighted by Gasteiger charge is -2.51. The fourth-order valence-corrected chi connectivity index (χ4v) is 8.66. The molecule has 6 unspecified atom stereocenters. The van der Waals surface area contributed by atoms with Crippen LogP contribution < -0.4 is 9.64 Å². The van der Waals surface area contributed by atoms with Gasteiger partial charge in [-0.2, -0.15) is 0 Å². The molecule has 9 heteroatoms. The van der Waals surface area contributed by atoms with Gasteiger partial charge in [-0.3, -0.25) is 24.1 Å². The van der Waals surface area contributed by atoms with Gasteiger partial charge < -0.3 is 9.84 Å². The molecule has 1 saturated carbocycles. The topological polar surface area (TPSA) is 104 Å². The highest BCUT2D eigenvalue weighted by molar-refractivity contribution is 6.32. The van der Waals surface area contributed by atoms with Crippen molar-refractivity contribution < 1.29 is 29.0 Å². The maximum absolute atomic E-state index is 15.2. The van der Waals surface area contributed by atoms with Crippen LogP contribution in [0.4, 0.5) is 5.69 Å². The first kappa shape index (κ1) is 29.4. The van der Waals surface area contributed by atoms with Crippen LogP contribution in [0.3, 0.4) is 0 Å². The molecule has 8 nitrogen and oxygen atoms in total. The minimum absolute atomic E-state index is 0.0403. The van der Waals surface area contributed by atoms with Gasteiger partial charge in [0.05, 0.1) is 35.5 Å². The zero-order valence-electron chi connectivity index (χ0n) is 24.8. The van der Waals surface area contributed by atoms with E-state index in [9.17, 15) is 19.5 Å². The highest BCUT2D eigenvalue weighted by atomic mass is 35.5. The summed E-state index contributed by atoms with van der Waals surface area (Å²) >= 11 is 6.37. The molecule has 4 aliphatic rings. The normalized spacial score (nSPS) is 29.0. The maximum atomic E-state index is 15.2. The smallest absolute Gasteiger partial charge is 0.246 e. The summed E-state index contributed by atoms with van der Waals surface area (Å²) in [6.07, 6.45) is 2.63. The van der Waals surface area contributed by atoms with Gasteiger partial charge in [-0.15, -0.1) is 0 Å². The van der Waals surface area contributed by atoms with E-state index in [0.29, 0.717) is 34.0 Å². The molecule has 0 spiro atoms. The van der Waals surface area contributed by atoms with Gasteiger partial charge in [0.1, 0.15) is 12.4 Å². The molecule has 45 heavy (non-hydrogen) atoms. The number of nitrogens with zero attached hydrogens (tertiary/aromatic N) is 2. The van der Waals surface area contributed by atoms with Crippen molar-refractivity contribution in [3.8, 4) is 5.75 Å². The summed E-state index contributed by atoms with van der Waals surface area (Å²) < 4.78 is 6.06. The number of carbonyl (C=O) groups excluding carboxylic acids is 4. The van der Waals surface area contributed by atoms with Crippen LogP contribution in [0.15, 0.2) is 90.5 Å². The van der Waals surface area contributed by atoms with Gasteiger partial charge in [-0.1, -0.05) is 77.8 Å². The summed E-state index contributed by atoms with van der Waals surface area (Å²) in [7, 11) is 0. The fourth-order valence-electron chi connectivity index (χ4n) is 8.47. The van der Waals surface area contributed by atoms with Crippen LogP contribution in [0.2, 0.25) is 5.02 Å². The molecule has 1 N–H and O–H groups in total. The lowest BCUT2D eigenvalue weighted by molar-refractivity contribution is -0.140. The van der Waals surface area contributed by atoms with Gasteiger partial charge in [-0.05, 0) is 55.5 Å². The van der Waals surface area contributed by atoms with Crippen molar-refractivity contribution in [1.29, 1.82) is 0 Å². The number of imide groups is 2. The number of aliphatic hydroxyl groups excluding tert-OH is 1. The monoisotopic (exact) mass is 624 g/mol. The number of hydrogen-bond donors (Lipinski definition) is 1. The molecule has 0 aromatic heterocycles. The predicted molar refractivity (Wildman–Crippen MR) is 167 cm³/mol. The van der Waals surface area contributed by atoms with Gasteiger partial charge in [0.25, 0.3) is 0 Å². The van der Waals surface area contributed by atoms with Crippen LogP contribution in [0.5, 0.6) is 5.75 Å². The van der Waals surface area contributed by atoms with Crippen molar-refractivity contribution in [2.45, 2.75) is 31.1 Å². The van der Waals surface area contributed by atoms with Crippen molar-refractivity contribution in [2.24, 2.45) is 23.7 Å². The Morgan fingerprint density at radius 3 is 2.40 bits per heavy atom. The van der Waals surface area contributed by atoms with E-state index in [1.807, 2.05) is 54.6 Å². The number of carbonyl (C=O) groups is 4. The number of fused-ring (bicyclic) bond motifs is 4. The molecule has 4 amide bonds. The van der Waals surface area contributed by atoms with Gasteiger partial charge in [0.15, 0.2) is 0 Å². The first-order valence-electron chi connectivity index (χ1n) is 15.4. The lowest BCUT2D eigenvalue weighted by atomic mass is 9.49. The molecule has 3 fully saturated rings. The maximum Gasteiger partial charge on any atom is 0.246 e. The third-order valence-corrected chi connectivity index (χ3v) is 10.4. The van der Waals surface area contributed by atoms with Gasteiger partial charge in [0.2, 0.25) is 23.6 Å².